The summed E-state index contributed by atoms with van der Waals surface area (Å²) in [6, 6.07) is 1.80. The van der Waals surface area contributed by atoms with E-state index in [0.717, 1.165) is 0 Å². The van der Waals surface area contributed by atoms with Crippen LogP contribution in [0.2, 0.25) is 0 Å². The average Bonchev–Trinajstić information content (AvgIpc) is 1.86. The minimum atomic E-state index is -0.886. The topological polar surface area (TPSA) is 61.1 Å². The van der Waals surface area contributed by atoms with E-state index in [-0.39, 0.29) is 6.42 Å². The van der Waals surface area contributed by atoms with Gasteiger partial charge in [-0.05, 0) is 12.0 Å². The Hall–Kier alpha value is -1.30. The van der Waals surface area contributed by atoms with E-state index in [1.807, 2.05) is 6.92 Å². The lowest BCUT2D eigenvalue weighted by molar-refractivity contribution is -0.136. The minimum Gasteiger partial charge on any atom is -0.481 e. The van der Waals surface area contributed by atoms with Crippen molar-refractivity contribution < 1.29 is 9.90 Å². The van der Waals surface area contributed by atoms with Gasteiger partial charge in [0, 0.05) is 6.08 Å². The van der Waals surface area contributed by atoms with Crippen molar-refractivity contribution in [1.82, 2.24) is 0 Å². The molecule has 0 aromatic rings. The van der Waals surface area contributed by atoms with Gasteiger partial charge in [0.1, 0.15) is 0 Å². The number of nitrogens with zero attached hydrogens (tertiary/aromatic N) is 1. The monoisotopic (exact) mass is 139 g/mol. The fourth-order valence-electron chi connectivity index (χ4n) is 0.564. The third kappa shape index (κ3) is 3.67. The first-order chi connectivity index (χ1) is 4.70. The average molecular weight is 139 g/mol. The Morgan fingerprint density at radius 3 is 2.70 bits per heavy atom. The van der Waals surface area contributed by atoms with E-state index in [9.17, 15) is 4.79 Å². The standard InChI is InChI=1S/C7H9NO2/c1-2-6(3-4-8)5-7(9)10/h3H,2,5H2,1H3,(H,9,10)/b6-3+. The Kier molecular flexibility index (Phi) is 3.97. The summed E-state index contributed by atoms with van der Waals surface area (Å²) >= 11 is 0. The molecule has 0 aliphatic heterocycles. The highest BCUT2D eigenvalue weighted by Gasteiger charge is 1.99. The molecule has 0 aliphatic carbocycles. The van der Waals surface area contributed by atoms with Crippen LogP contribution in [-0.4, -0.2) is 11.1 Å². The molecule has 0 bridgehead atoms. The number of hydrogen-bond donors (Lipinski definition) is 1. The molecule has 0 atom stereocenters. The molecule has 0 aromatic carbocycles. The maximum absolute atomic E-state index is 10.1. The lowest BCUT2D eigenvalue weighted by Gasteiger charge is -1.94. The van der Waals surface area contributed by atoms with Crippen LogP contribution >= 0.6 is 0 Å². The Balaban J connectivity index is 3.99. The zero-order chi connectivity index (χ0) is 7.98. The predicted molar refractivity (Wildman–Crippen MR) is 36.2 cm³/mol. The lowest BCUT2D eigenvalue weighted by atomic mass is 10.1. The summed E-state index contributed by atoms with van der Waals surface area (Å²) in [5, 5.41) is 16.5. The van der Waals surface area contributed by atoms with Crippen molar-refractivity contribution in [2.24, 2.45) is 0 Å². The van der Waals surface area contributed by atoms with Gasteiger partial charge in [0.05, 0.1) is 12.5 Å². The van der Waals surface area contributed by atoms with Crippen molar-refractivity contribution in [2.75, 3.05) is 0 Å². The molecule has 0 heterocycles. The molecule has 0 rings (SSSR count). The van der Waals surface area contributed by atoms with Crippen LogP contribution in [-0.2, 0) is 4.79 Å². The molecule has 0 fully saturated rings. The molecule has 10 heavy (non-hydrogen) atoms. The number of carbonyl (C=O) groups is 1. The van der Waals surface area contributed by atoms with Crippen molar-refractivity contribution in [2.45, 2.75) is 19.8 Å². The summed E-state index contributed by atoms with van der Waals surface area (Å²) < 4.78 is 0. The minimum absolute atomic E-state index is 0.0238. The summed E-state index contributed by atoms with van der Waals surface area (Å²) in [5.74, 6) is -0.886. The smallest absolute Gasteiger partial charge is 0.307 e. The van der Waals surface area contributed by atoms with E-state index < -0.39 is 5.97 Å². The molecular formula is C7H9NO2. The molecule has 0 unspecified atom stereocenters. The Morgan fingerprint density at radius 2 is 2.40 bits per heavy atom. The van der Waals surface area contributed by atoms with E-state index in [1.54, 1.807) is 6.07 Å². The summed E-state index contributed by atoms with van der Waals surface area (Å²) in [7, 11) is 0. The summed E-state index contributed by atoms with van der Waals surface area (Å²) in [5.41, 5.74) is 0.662. The Morgan fingerprint density at radius 1 is 1.80 bits per heavy atom. The molecule has 0 saturated carbocycles. The second kappa shape index (κ2) is 4.57. The number of carboxylic acid groups (broad SMARTS) is 1. The third-order valence-corrected chi connectivity index (χ3v) is 1.10. The quantitative estimate of drug-likeness (QED) is 0.600. The molecule has 3 heteroatoms. The van der Waals surface area contributed by atoms with Crippen LogP contribution in [0.4, 0.5) is 0 Å². The Labute approximate surface area is 59.6 Å². The number of nitriles is 1. The van der Waals surface area contributed by atoms with Crippen LogP contribution in [0.5, 0.6) is 0 Å². The second-order valence-corrected chi connectivity index (χ2v) is 1.86. The van der Waals surface area contributed by atoms with Crippen LogP contribution in [0.3, 0.4) is 0 Å². The van der Waals surface area contributed by atoms with E-state index >= 15 is 0 Å². The molecular weight excluding hydrogens is 130 g/mol. The van der Waals surface area contributed by atoms with E-state index in [1.165, 1.54) is 6.08 Å². The molecule has 0 amide bonds. The first kappa shape index (κ1) is 8.70. The van der Waals surface area contributed by atoms with Gasteiger partial charge in [-0.2, -0.15) is 5.26 Å². The number of allylic oxidation sites excluding steroid dienone is 1. The van der Waals surface area contributed by atoms with Crippen molar-refractivity contribution in [1.29, 1.82) is 5.26 Å². The lowest BCUT2D eigenvalue weighted by Crippen LogP contribution is -1.96. The van der Waals surface area contributed by atoms with Crippen LogP contribution < -0.4 is 0 Å². The number of rotatable bonds is 3. The molecule has 0 spiro atoms. The van der Waals surface area contributed by atoms with E-state index in [0.29, 0.717) is 12.0 Å². The third-order valence-electron chi connectivity index (χ3n) is 1.10. The van der Waals surface area contributed by atoms with Gasteiger partial charge in [-0.1, -0.05) is 6.92 Å². The zero-order valence-corrected chi connectivity index (χ0v) is 5.79. The second-order valence-electron chi connectivity index (χ2n) is 1.86. The van der Waals surface area contributed by atoms with Crippen LogP contribution in [0.15, 0.2) is 11.6 Å². The molecule has 54 valence electrons. The van der Waals surface area contributed by atoms with Gasteiger partial charge in [-0.25, -0.2) is 0 Å². The first-order valence-corrected chi connectivity index (χ1v) is 3.00. The largest absolute Gasteiger partial charge is 0.481 e. The number of carboxylic acids is 1. The van der Waals surface area contributed by atoms with Gasteiger partial charge in [0.15, 0.2) is 0 Å². The molecule has 0 radical (unpaired) electrons. The molecule has 3 nitrogen and oxygen atoms in total. The SMILES string of the molecule is CC/C(=C\C#N)CC(=O)O. The van der Waals surface area contributed by atoms with Gasteiger partial charge in [0.25, 0.3) is 0 Å². The zero-order valence-electron chi connectivity index (χ0n) is 5.79. The highest BCUT2D eigenvalue weighted by atomic mass is 16.4. The van der Waals surface area contributed by atoms with Crippen molar-refractivity contribution >= 4 is 5.97 Å². The summed E-state index contributed by atoms with van der Waals surface area (Å²) in [6.07, 6.45) is 1.89. The highest BCUT2D eigenvalue weighted by Crippen LogP contribution is 2.04. The van der Waals surface area contributed by atoms with Crippen molar-refractivity contribution in [3.8, 4) is 6.07 Å². The predicted octanol–water partition coefficient (Wildman–Crippen LogP) is 1.32. The van der Waals surface area contributed by atoms with Gasteiger partial charge in [0.2, 0.25) is 0 Å². The van der Waals surface area contributed by atoms with Gasteiger partial charge < -0.3 is 5.11 Å². The molecule has 0 aromatic heterocycles. The van der Waals surface area contributed by atoms with Gasteiger partial charge in [-0.3, -0.25) is 4.79 Å². The van der Waals surface area contributed by atoms with Crippen LogP contribution in [0.25, 0.3) is 0 Å². The van der Waals surface area contributed by atoms with Crippen molar-refractivity contribution in [3.63, 3.8) is 0 Å². The fraction of sp³-hybridized carbons (Fsp3) is 0.429. The summed E-state index contributed by atoms with van der Waals surface area (Å²) in [4.78, 5) is 10.1. The fourth-order valence-corrected chi connectivity index (χ4v) is 0.564. The van der Waals surface area contributed by atoms with Crippen molar-refractivity contribution in [3.05, 3.63) is 11.6 Å². The normalized spacial score (nSPS) is 10.6. The Bertz CT molecular complexity index is 188. The maximum Gasteiger partial charge on any atom is 0.307 e. The molecule has 0 saturated heterocycles. The van der Waals surface area contributed by atoms with Crippen LogP contribution in [0, 0.1) is 11.3 Å². The van der Waals surface area contributed by atoms with Crippen LogP contribution in [0.1, 0.15) is 19.8 Å². The molecule has 0 aliphatic rings. The van der Waals surface area contributed by atoms with E-state index in [4.69, 9.17) is 10.4 Å². The number of hydrogen-bond acceptors (Lipinski definition) is 2. The van der Waals surface area contributed by atoms with Gasteiger partial charge >= 0.3 is 5.97 Å². The van der Waals surface area contributed by atoms with E-state index in [2.05, 4.69) is 0 Å². The van der Waals surface area contributed by atoms with Gasteiger partial charge in [-0.15, -0.1) is 0 Å². The maximum atomic E-state index is 10.1. The highest BCUT2D eigenvalue weighted by molar-refractivity contribution is 5.70. The molecule has 1 N–H and O–H groups in total. The summed E-state index contributed by atoms with van der Waals surface area (Å²) in [6.45, 7) is 1.83. The number of aliphatic carboxylic acids is 1. The first-order valence-electron chi connectivity index (χ1n) is 3.00.